The van der Waals surface area contributed by atoms with E-state index in [1.807, 2.05) is 0 Å². The van der Waals surface area contributed by atoms with E-state index in [0.29, 0.717) is 0 Å². The molecule has 7 rings (SSSR count). The van der Waals surface area contributed by atoms with Crippen molar-refractivity contribution in [2.24, 2.45) is 0 Å². The molecule has 0 aliphatic carbocycles. The molecular formula is C20H24N10O10P2S2. The average Bonchev–Trinajstić information content (AvgIpc) is 3.66. The Morgan fingerprint density at radius 2 is 1.30 bits per heavy atom. The molecule has 0 saturated carbocycles. The number of aliphatic hydroxyl groups is 2. The fourth-order valence-electron chi connectivity index (χ4n) is 5.26. The molecule has 3 aliphatic rings. The Morgan fingerprint density at radius 3 is 1.93 bits per heavy atom. The first kappa shape index (κ1) is 30.2. The van der Waals surface area contributed by atoms with E-state index in [2.05, 4.69) is 54.4 Å². The minimum atomic E-state index is -4.39. The second-order valence-electron chi connectivity index (χ2n) is 9.95. The first-order chi connectivity index (χ1) is 20.9. The molecule has 3 saturated heterocycles. The quantitative estimate of drug-likeness (QED) is 0.121. The average molecular weight is 691 g/mol. The van der Waals surface area contributed by atoms with Crippen molar-refractivity contribution in [1.82, 2.24) is 39.0 Å². The lowest BCUT2D eigenvalue weighted by atomic mass is 10.0. The third-order valence-corrected chi connectivity index (χ3v) is 10.5. The van der Waals surface area contributed by atoms with Gasteiger partial charge in [-0.3, -0.25) is 27.2 Å². The number of imidazole rings is 2. The van der Waals surface area contributed by atoms with Crippen LogP contribution in [0.3, 0.4) is 0 Å². The van der Waals surface area contributed by atoms with Gasteiger partial charge >= 0.3 is 13.6 Å². The van der Waals surface area contributed by atoms with Crippen LogP contribution < -0.4 is 11.5 Å². The largest absolute Gasteiger partial charge is 0.387 e. The maximum atomic E-state index is 13.6. The lowest BCUT2D eigenvalue weighted by molar-refractivity contribution is -0.198. The molecule has 7 heterocycles. The second kappa shape index (κ2) is 11.1. The topological polar surface area (TPSA) is 269 Å². The second-order valence-corrected chi connectivity index (χ2v) is 15.7. The lowest BCUT2D eigenvalue weighted by Gasteiger charge is -2.40. The molecular weight excluding hydrogens is 666 g/mol. The van der Waals surface area contributed by atoms with Crippen LogP contribution in [0.5, 0.6) is 0 Å². The molecule has 0 aromatic carbocycles. The molecule has 0 spiro atoms. The van der Waals surface area contributed by atoms with Gasteiger partial charge in [0.2, 0.25) is 0 Å². The van der Waals surface area contributed by atoms with E-state index in [1.165, 1.54) is 34.4 Å². The lowest BCUT2D eigenvalue weighted by Crippen LogP contribution is -2.52. The molecule has 6 unspecified atom stereocenters. The van der Waals surface area contributed by atoms with Crippen molar-refractivity contribution in [3.05, 3.63) is 25.3 Å². The van der Waals surface area contributed by atoms with Crippen molar-refractivity contribution in [3.8, 4) is 0 Å². The third kappa shape index (κ3) is 5.27. The summed E-state index contributed by atoms with van der Waals surface area (Å²) in [7, 11) is 0. The minimum Gasteiger partial charge on any atom is -0.386 e. The number of nitrogen functional groups attached to an aromatic ring is 2. The smallest absolute Gasteiger partial charge is 0.386 e. The molecule has 20 nitrogen and oxygen atoms in total. The number of nitrogens with zero attached hydrogens (tertiary/aromatic N) is 8. The summed E-state index contributed by atoms with van der Waals surface area (Å²) in [5.74, 6) is 0.202. The molecule has 0 radical (unpaired) electrons. The van der Waals surface area contributed by atoms with Crippen LogP contribution in [0.4, 0.5) is 11.6 Å². The Balaban J connectivity index is 1.17. The molecule has 6 N–H and O–H groups in total. The van der Waals surface area contributed by atoms with E-state index in [-0.39, 0.29) is 40.6 Å². The highest BCUT2D eigenvalue weighted by atomic mass is 32.7. The van der Waals surface area contributed by atoms with Gasteiger partial charge in [-0.1, -0.05) is 24.5 Å². The van der Waals surface area contributed by atoms with E-state index >= 15 is 0 Å². The maximum Gasteiger partial charge on any atom is 0.387 e. The normalized spacial score (nSPS) is 38.3. The summed E-state index contributed by atoms with van der Waals surface area (Å²) in [6, 6.07) is 0. The number of fused-ring (bicyclic) bond motifs is 4. The molecule has 236 valence electrons. The zero-order valence-corrected chi connectivity index (χ0v) is 25.6. The van der Waals surface area contributed by atoms with Gasteiger partial charge < -0.3 is 31.2 Å². The summed E-state index contributed by atoms with van der Waals surface area (Å²) < 4.78 is 64.1. The number of hydrogen-bond acceptors (Lipinski definition) is 18. The monoisotopic (exact) mass is 690 g/mol. The first-order valence-electron chi connectivity index (χ1n) is 12.8. The summed E-state index contributed by atoms with van der Waals surface area (Å²) >= 11 is 8.18. The van der Waals surface area contributed by atoms with Crippen LogP contribution >= 0.6 is 38.1 Å². The Bertz CT molecular complexity index is 1750. The Kier molecular flexibility index (Phi) is 7.63. The first-order valence-corrected chi connectivity index (χ1v) is 18.2. The summed E-state index contributed by atoms with van der Waals surface area (Å²) in [4.78, 5) is 24.4. The van der Waals surface area contributed by atoms with Crippen LogP contribution in [-0.4, -0.2) is 99.1 Å². The van der Waals surface area contributed by atoms with Crippen molar-refractivity contribution in [1.29, 1.82) is 0 Å². The maximum absolute atomic E-state index is 13.6. The number of hydrogen-bond donors (Lipinski definition) is 6. The Hall–Kier alpha value is -2.46. The number of thiol groups is 2. The molecule has 24 heteroatoms. The highest BCUT2D eigenvalue weighted by Crippen LogP contribution is 2.61. The molecule has 44 heavy (non-hydrogen) atoms. The van der Waals surface area contributed by atoms with Gasteiger partial charge in [-0.15, -0.1) is 0 Å². The van der Waals surface area contributed by atoms with Crippen LogP contribution in [0, 0.1) is 0 Å². The SMILES string of the molecule is Nc1ncnc2c1ncn2C1O[C@@H]2CO[P@](=O)(S)OC3C(CO[C@@H](n4cnc5c(N)ncnc54)C3O)O[P@](=O)(S)OC2C1O. The van der Waals surface area contributed by atoms with Crippen molar-refractivity contribution >= 4 is 72.1 Å². The minimum absolute atomic E-state index is 0.101. The van der Waals surface area contributed by atoms with Gasteiger partial charge in [-0.2, -0.15) is 0 Å². The predicted molar refractivity (Wildman–Crippen MR) is 154 cm³/mol. The van der Waals surface area contributed by atoms with Crippen LogP contribution in [0.1, 0.15) is 12.5 Å². The van der Waals surface area contributed by atoms with E-state index in [4.69, 9.17) is 39.0 Å². The number of ether oxygens (including phenoxy) is 2. The number of rotatable bonds is 2. The zero-order chi connectivity index (χ0) is 31.0. The highest BCUT2D eigenvalue weighted by molar-refractivity contribution is 8.44. The van der Waals surface area contributed by atoms with Crippen molar-refractivity contribution in [2.75, 3.05) is 24.7 Å². The fraction of sp³-hybridized carbons (Fsp3) is 0.500. The van der Waals surface area contributed by atoms with Crippen LogP contribution in [-0.2, 0) is 36.7 Å². The Labute approximate surface area is 256 Å². The summed E-state index contributed by atoms with van der Waals surface area (Å²) in [6.07, 6.45) is -5.94. The highest BCUT2D eigenvalue weighted by Gasteiger charge is 2.53. The van der Waals surface area contributed by atoms with E-state index in [1.54, 1.807) is 0 Å². The van der Waals surface area contributed by atoms with Gasteiger partial charge in [-0.25, -0.2) is 39.0 Å². The fourth-order valence-corrected chi connectivity index (χ4v) is 8.58. The number of anilines is 2. The van der Waals surface area contributed by atoms with E-state index < -0.39 is 69.3 Å². The van der Waals surface area contributed by atoms with Crippen LogP contribution in [0.25, 0.3) is 22.3 Å². The van der Waals surface area contributed by atoms with Crippen molar-refractivity contribution < 1.29 is 46.9 Å². The van der Waals surface area contributed by atoms with Gasteiger partial charge in [0.15, 0.2) is 35.4 Å². The van der Waals surface area contributed by atoms with Gasteiger partial charge in [0.25, 0.3) is 0 Å². The predicted octanol–water partition coefficient (Wildman–Crippen LogP) is 0.240. The molecule has 10 atom stereocenters. The number of nitrogens with two attached hydrogens (primary N) is 2. The Morgan fingerprint density at radius 1 is 0.750 bits per heavy atom. The van der Waals surface area contributed by atoms with Gasteiger partial charge in [0.05, 0.1) is 25.9 Å². The van der Waals surface area contributed by atoms with E-state index in [0.717, 1.165) is 0 Å². The molecule has 4 aromatic heterocycles. The molecule has 4 aromatic rings. The molecule has 0 bridgehead atoms. The standard InChI is InChI=1S/C20H24N10O10P2S2/c21-15-9-17(25-3-23-15)29(5-27-9)19-11(31)14-8(1-35-19)38-42(34,44)40-13-7(2-36-41(33,43)39-14)37-20(12(13)32)30-6-28-10-16(22)24-4-26-18(10)30/h3-8,11-14,19-20,31-32H,1-2H2,(H,33,43)(H,34,44)(H2,21,23,25)(H2,22,24,26)/t7-,8?,11?,12?,13?,14?,19-,20?,41+,42+/m1/s1. The van der Waals surface area contributed by atoms with Gasteiger partial charge in [0.1, 0.15) is 60.3 Å². The van der Waals surface area contributed by atoms with Crippen LogP contribution in [0.15, 0.2) is 25.3 Å². The van der Waals surface area contributed by atoms with Crippen molar-refractivity contribution in [3.63, 3.8) is 0 Å². The van der Waals surface area contributed by atoms with Crippen LogP contribution in [0.2, 0.25) is 0 Å². The van der Waals surface area contributed by atoms with Gasteiger partial charge in [0, 0.05) is 0 Å². The molecule has 3 fully saturated rings. The van der Waals surface area contributed by atoms with E-state index in [9.17, 15) is 19.3 Å². The summed E-state index contributed by atoms with van der Waals surface area (Å²) in [5.41, 5.74) is 12.7. The zero-order valence-electron chi connectivity index (χ0n) is 22.0. The summed E-state index contributed by atoms with van der Waals surface area (Å²) in [6.45, 7) is -9.58. The molecule has 3 aliphatic heterocycles. The van der Waals surface area contributed by atoms with Gasteiger partial charge in [-0.05, 0) is 0 Å². The number of aliphatic hydroxyl groups excluding tert-OH is 2. The third-order valence-electron chi connectivity index (χ3n) is 7.24. The number of aromatic nitrogens is 8. The van der Waals surface area contributed by atoms with Crippen molar-refractivity contribution in [2.45, 2.75) is 49.1 Å². The molecule has 0 amide bonds. The summed E-state index contributed by atoms with van der Waals surface area (Å²) in [5, 5.41) is 22.6.